The SMILES string of the molecule is C[C@H](NC(=O)OCc1ccccc1)C(=O)N[C@@H](C)C(=O)N[C@@H](C)C(=O)N(CC(=O)O)c1ccc(C(=N)N)cc1. The minimum Gasteiger partial charge on any atom is -0.480 e. The summed E-state index contributed by atoms with van der Waals surface area (Å²) >= 11 is 0. The molecule has 39 heavy (non-hydrogen) atoms. The van der Waals surface area contributed by atoms with E-state index in [2.05, 4.69) is 16.0 Å². The Hall–Kier alpha value is -4.94. The Kier molecular flexibility index (Phi) is 11.0. The molecule has 3 atom stereocenters. The number of carboxylic acids is 1. The first-order chi connectivity index (χ1) is 18.4. The number of carboxylic acid groups (broad SMARTS) is 1. The number of nitrogens with one attached hydrogen (secondary N) is 4. The van der Waals surface area contributed by atoms with Gasteiger partial charge in [0, 0.05) is 11.3 Å². The summed E-state index contributed by atoms with van der Waals surface area (Å²) in [5.41, 5.74) is 6.82. The van der Waals surface area contributed by atoms with E-state index in [0.29, 0.717) is 5.56 Å². The predicted molar refractivity (Wildman–Crippen MR) is 142 cm³/mol. The Morgan fingerprint density at radius 3 is 1.95 bits per heavy atom. The number of benzene rings is 2. The topological polar surface area (TPSA) is 204 Å². The number of hydrogen-bond donors (Lipinski definition) is 6. The fraction of sp³-hybridized carbons (Fsp3) is 0.308. The van der Waals surface area contributed by atoms with Crippen LogP contribution in [-0.4, -0.2) is 65.4 Å². The smallest absolute Gasteiger partial charge is 0.408 e. The molecule has 0 unspecified atom stereocenters. The number of carbonyl (C=O) groups excluding carboxylic acids is 4. The highest BCUT2D eigenvalue weighted by Crippen LogP contribution is 2.16. The van der Waals surface area contributed by atoms with Crippen molar-refractivity contribution in [2.75, 3.05) is 11.4 Å². The van der Waals surface area contributed by atoms with Crippen LogP contribution in [0.15, 0.2) is 54.6 Å². The monoisotopic (exact) mass is 540 g/mol. The number of aliphatic carboxylic acids is 1. The third-order valence-corrected chi connectivity index (χ3v) is 5.47. The average molecular weight is 541 g/mol. The molecule has 2 rings (SSSR count). The number of alkyl carbamates (subject to hydrolysis) is 1. The van der Waals surface area contributed by atoms with E-state index in [0.717, 1.165) is 10.5 Å². The summed E-state index contributed by atoms with van der Waals surface area (Å²) in [4.78, 5) is 62.4. The van der Waals surface area contributed by atoms with Gasteiger partial charge in [0.15, 0.2) is 0 Å². The molecular weight excluding hydrogens is 508 g/mol. The first-order valence-electron chi connectivity index (χ1n) is 11.9. The molecule has 0 fully saturated rings. The molecule has 2 aromatic rings. The Morgan fingerprint density at radius 2 is 1.41 bits per heavy atom. The maximum atomic E-state index is 13.0. The molecule has 13 nitrogen and oxygen atoms in total. The van der Waals surface area contributed by atoms with Crippen molar-refractivity contribution in [2.24, 2.45) is 5.73 Å². The van der Waals surface area contributed by atoms with Gasteiger partial charge in [-0.15, -0.1) is 0 Å². The highest BCUT2D eigenvalue weighted by molar-refractivity contribution is 6.03. The number of amidine groups is 1. The number of nitrogens with two attached hydrogens (primary N) is 1. The molecule has 13 heteroatoms. The molecule has 0 bridgehead atoms. The summed E-state index contributed by atoms with van der Waals surface area (Å²) in [6.07, 6.45) is -0.812. The van der Waals surface area contributed by atoms with Crippen molar-refractivity contribution in [3.05, 3.63) is 65.7 Å². The maximum Gasteiger partial charge on any atom is 0.408 e. The second-order valence-electron chi connectivity index (χ2n) is 8.67. The van der Waals surface area contributed by atoms with E-state index in [4.69, 9.17) is 15.9 Å². The number of carbonyl (C=O) groups is 5. The lowest BCUT2D eigenvalue weighted by Gasteiger charge is -2.26. The predicted octanol–water partition coefficient (Wildman–Crippen LogP) is 0.713. The first kappa shape index (κ1) is 30.3. The van der Waals surface area contributed by atoms with Crippen LogP contribution >= 0.6 is 0 Å². The van der Waals surface area contributed by atoms with Gasteiger partial charge in [-0.05, 0) is 50.6 Å². The van der Waals surface area contributed by atoms with Crippen LogP contribution in [0, 0.1) is 5.41 Å². The zero-order chi connectivity index (χ0) is 29.1. The molecule has 0 aliphatic carbocycles. The third-order valence-electron chi connectivity index (χ3n) is 5.47. The lowest BCUT2D eigenvalue weighted by Crippen LogP contribution is -2.55. The van der Waals surface area contributed by atoms with Crippen LogP contribution in [0.5, 0.6) is 0 Å². The van der Waals surface area contributed by atoms with Crippen molar-refractivity contribution in [1.82, 2.24) is 16.0 Å². The van der Waals surface area contributed by atoms with Gasteiger partial charge in [0.05, 0.1) is 0 Å². The van der Waals surface area contributed by atoms with E-state index in [1.54, 1.807) is 24.3 Å². The highest BCUT2D eigenvalue weighted by Gasteiger charge is 2.28. The largest absolute Gasteiger partial charge is 0.480 e. The van der Waals surface area contributed by atoms with Gasteiger partial charge in [0.2, 0.25) is 17.7 Å². The van der Waals surface area contributed by atoms with Gasteiger partial charge in [0.25, 0.3) is 0 Å². The standard InChI is InChI=1S/C26H32N6O7/c1-15(29-24(36)16(2)31-26(38)39-14-18-7-5-4-6-8-18)23(35)30-17(3)25(37)32(13-21(33)34)20-11-9-19(10-12-20)22(27)28/h4-12,15-17H,13-14H2,1-3H3,(H3,27,28)(H,29,36)(H,30,35)(H,31,38)(H,33,34)/t15-,16-,17-/m0/s1. The lowest BCUT2D eigenvalue weighted by atomic mass is 10.1. The fourth-order valence-corrected chi connectivity index (χ4v) is 3.30. The van der Waals surface area contributed by atoms with Gasteiger partial charge in [-0.25, -0.2) is 4.79 Å². The highest BCUT2D eigenvalue weighted by atomic mass is 16.5. The zero-order valence-electron chi connectivity index (χ0n) is 21.8. The lowest BCUT2D eigenvalue weighted by molar-refractivity contribution is -0.137. The summed E-state index contributed by atoms with van der Waals surface area (Å²) in [5, 5.41) is 24.0. The minimum absolute atomic E-state index is 0.0194. The molecule has 0 saturated carbocycles. The van der Waals surface area contributed by atoms with Crippen LogP contribution in [0.25, 0.3) is 0 Å². The molecule has 4 amide bonds. The molecule has 7 N–H and O–H groups in total. The van der Waals surface area contributed by atoms with Crippen LogP contribution in [0.3, 0.4) is 0 Å². The zero-order valence-corrected chi connectivity index (χ0v) is 21.8. The molecular formula is C26H32N6O7. The second-order valence-corrected chi connectivity index (χ2v) is 8.67. The van der Waals surface area contributed by atoms with Gasteiger partial charge < -0.3 is 31.5 Å². The number of amides is 4. The van der Waals surface area contributed by atoms with E-state index >= 15 is 0 Å². The van der Waals surface area contributed by atoms with Crippen molar-refractivity contribution in [3.63, 3.8) is 0 Å². The minimum atomic E-state index is -1.28. The Balaban J connectivity index is 1.92. The Morgan fingerprint density at radius 1 is 0.872 bits per heavy atom. The molecule has 2 aromatic carbocycles. The van der Waals surface area contributed by atoms with E-state index in [-0.39, 0.29) is 18.1 Å². The molecule has 0 spiro atoms. The van der Waals surface area contributed by atoms with Crippen LogP contribution in [0.2, 0.25) is 0 Å². The number of nitrogens with zero attached hydrogens (tertiary/aromatic N) is 1. The third kappa shape index (κ3) is 9.46. The van der Waals surface area contributed by atoms with Gasteiger partial charge in [-0.3, -0.25) is 29.5 Å². The quantitative estimate of drug-likeness (QED) is 0.167. The molecule has 0 aliphatic rings. The Labute approximate surface area is 225 Å². The van der Waals surface area contributed by atoms with E-state index < -0.39 is 54.5 Å². The summed E-state index contributed by atoms with van der Waals surface area (Å²) in [6.45, 7) is 3.53. The van der Waals surface area contributed by atoms with Gasteiger partial charge in [0.1, 0.15) is 37.1 Å². The molecule has 0 aromatic heterocycles. The van der Waals surface area contributed by atoms with Crippen molar-refractivity contribution in [1.29, 1.82) is 5.41 Å². The van der Waals surface area contributed by atoms with E-state index in [9.17, 15) is 29.1 Å². The van der Waals surface area contributed by atoms with E-state index in [1.807, 2.05) is 6.07 Å². The fourth-order valence-electron chi connectivity index (χ4n) is 3.30. The van der Waals surface area contributed by atoms with Crippen LogP contribution in [0.4, 0.5) is 10.5 Å². The normalized spacial score (nSPS) is 12.7. The molecule has 0 radical (unpaired) electrons. The molecule has 0 heterocycles. The van der Waals surface area contributed by atoms with Crippen LogP contribution < -0.4 is 26.6 Å². The summed E-state index contributed by atoms with van der Waals surface area (Å²) in [7, 11) is 0. The number of anilines is 1. The van der Waals surface area contributed by atoms with Crippen molar-refractivity contribution >= 4 is 41.3 Å². The molecule has 0 aliphatic heterocycles. The number of ether oxygens (including phenoxy) is 1. The first-order valence-corrected chi connectivity index (χ1v) is 11.9. The summed E-state index contributed by atoms with van der Waals surface area (Å²) in [6, 6.07) is 11.5. The van der Waals surface area contributed by atoms with E-state index in [1.165, 1.54) is 45.0 Å². The average Bonchev–Trinajstić information content (AvgIpc) is 2.90. The summed E-state index contributed by atoms with van der Waals surface area (Å²) in [5.74, 6) is -3.54. The number of hydrogen-bond acceptors (Lipinski definition) is 7. The van der Waals surface area contributed by atoms with Gasteiger partial charge in [-0.2, -0.15) is 0 Å². The maximum absolute atomic E-state index is 13.0. The van der Waals surface area contributed by atoms with Crippen molar-refractivity contribution in [3.8, 4) is 0 Å². The number of nitrogen functional groups attached to an aromatic ring is 1. The molecule has 0 saturated heterocycles. The second kappa shape index (κ2) is 14.1. The van der Waals surface area contributed by atoms with Crippen LogP contribution in [-0.2, 0) is 30.5 Å². The van der Waals surface area contributed by atoms with Crippen LogP contribution in [0.1, 0.15) is 31.9 Å². The van der Waals surface area contributed by atoms with Gasteiger partial charge >= 0.3 is 12.1 Å². The van der Waals surface area contributed by atoms with Crippen molar-refractivity contribution < 1.29 is 33.8 Å². The Bertz CT molecular complexity index is 1200. The van der Waals surface area contributed by atoms with Crippen molar-refractivity contribution in [2.45, 2.75) is 45.5 Å². The summed E-state index contributed by atoms with van der Waals surface area (Å²) < 4.78 is 5.07. The van der Waals surface area contributed by atoms with Gasteiger partial charge in [-0.1, -0.05) is 30.3 Å². The molecule has 208 valence electrons. The number of rotatable bonds is 12.